The van der Waals surface area contributed by atoms with Gasteiger partial charge in [-0.05, 0) is 31.0 Å². The second-order valence-electron chi connectivity index (χ2n) is 6.52. The Balaban J connectivity index is 1.42. The standard InChI is InChI=1S/C19H28N4O/c1-2-3-10-22-11-13-23(14-12-22)19(24)20-9-8-16-15-21-18-7-5-4-6-17(16)18/h4-7,15,21H,2-3,8-14H2,1H3,(H,20,24). The maximum Gasteiger partial charge on any atom is 0.317 e. The maximum atomic E-state index is 12.3. The fourth-order valence-corrected chi connectivity index (χ4v) is 3.31. The van der Waals surface area contributed by atoms with Gasteiger partial charge in [0, 0.05) is 49.8 Å². The molecule has 1 aromatic heterocycles. The number of rotatable bonds is 6. The maximum absolute atomic E-state index is 12.3. The summed E-state index contributed by atoms with van der Waals surface area (Å²) in [6, 6.07) is 8.36. The summed E-state index contributed by atoms with van der Waals surface area (Å²) in [5.41, 5.74) is 2.41. The molecule has 1 aliphatic rings. The van der Waals surface area contributed by atoms with Gasteiger partial charge in [0.1, 0.15) is 0 Å². The van der Waals surface area contributed by atoms with Crippen molar-refractivity contribution in [2.24, 2.45) is 0 Å². The van der Waals surface area contributed by atoms with Gasteiger partial charge in [-0.25, -0.2) is 4.79 Å². The van der Waals surface area contributed by atoms with Crippen LogP contribution in [0.1, 0.15) is 25.3 Å². The van der Waals surface area contributed by atoms with E-state index >= 15 is 0 Å². The molecule has 1 aliphatic heterocycles. The molecule has 0 aliphatic carbocycles. The first-order chi connectivity index (χ1) is 11.8. The lowest BCUT2D eigenvalue weighted by Crippen LogP contribution is -2.52. The van der Waals surface area contributed by atoms with Gasteiger partial charge in [0.2, 0.25) is 0 Å². The molecule has 1 saturated heterocycles. The van der Waals surface area contributed by atoms with E-state index in [0.29, 0.717) is 6.54 Å². The summed E-state index contributed by atoms with van der Waals surface area (Å²) in [4.78, 5) is 20.0. The molecule has 0 unspecified atom stereocenters. The van der Waals surface area contributed by atoms with E-state index in [1.807, 2.05) is 17.2 Å². The highest BCUT2D eigenvalue weighted by atomic mass is 16.2. The van der Waals surface area contributed by atoms with Crippen LogP contribution in [-0.2, 0) is 6.42 Å². The van der Waals surface area contributed by atoms with Crippen molar-refractivity contribution < 1.29 is 4.79 Å². The number of unbranched alkanes of at least 4 members (excludes halogenated alkanes) is 1. The Bertz CT molecular complexity index is 658. The lowest BCUT2D eigenvalue weighted by Gasteiger charge is -2.34. The summed E-state index contributed by atoms with van der Waals surface area (Å²) in [5.74, 6) is 0. The van der Waals surface area contributed by atoms with Gasteiger partial charge in [-0.15, -0.1) is 0 Å². The minimum Gasteiger partial charge on any atom is -0.361 e. The Labute approximate surface area is 144 Å². The molecule has 24 heavy (non-hydrogen) atoms. The smallest absolute Gasteiger partial charge is 0.317 e. The minimum atomic E-state index is 0.0741. The number of H-pyrrole nitrogens is 1. The molecule has 2 N–H and O–H groups in total. The average Bonchev–Trinajstić information content (AvgIpc) is 3.03. The predicted octanol–water partition coefficient (Wildman–Crippen LogP) is 2.84. The van der Waals surface area contributed by atoms with Crippen LogP contribution in [0.4, 0.5) is 4.79 Å². The highest BCUT2D eigenvalue weighted by molar-refractivity contribution is 5.83. The fraction of sp³-hybridized carbons (Fsp3) is 0.526. The minimum absolute atomic E-state index is 0.0741. The summed E-state index contributed by atoms with van der Waals surface area (Å²) in [7, 11) is 0. The molecule has 0 radical (unpaired) electrons. The third kappa shape index (κ3) is 4.09. The molecular weight excluding hydrogens is 300 g/mol. The molecule has 0 saturated carbocycles. The Morgan fingerprint density at radius 3 is 2.79 bits per heavy atom. The van der Waals surface area contributed by atoms with Crippen molar-refractivity contribution in [2.75, 3.05) is 39.3 Å². The van der Waals surface area contributed by atoms with Crippen LogP contribution in [0, 0.1) is 0 Å². The highest BCUT2D eigenvalue weighted by Gasteiger charge is 2.20. The van der Waals surface area contributed by atoms with Gasteiger partial charge in [-0.2, -0.15) is 0 Å². The number of carbonyl (C=O) groups excluding carboxylic acids is 1. The summed E-state index contributed by atoms with van der Waals surface area (Å²) in [6.45, 7) is 7.72. The van der Waals surface area contributed by atoms with E-state index in [0.717, 1.165) is 44.7 Å². The molecule has 1 fully saturated rings. The number of benzene rings is 1. The zero-order valence-electron chi connectivity index (χ0n) is 14.6. The van der Waals surface area contributed by atoms with Gasteiger partial charge in [0.05, 0.1) is 0 Å². The lowest BCUT2D eigenvalue weighted by molar-refractivity contribution is 0.138. The van der Waals surface area contributed by atoms with E-state index in [2.05, 4.69) is 40.3 Å². The molecule has 2 amide bonds. The quantitative estimate of drug-likeness (QED) is 0.857. The van der Waals surface area contributed by atoms with Crippen LogP contribution in [0.2, 0.25) is 0 Å². The van der Waals surface area contributed by atoms with Crippen molar-refractivity contribution >= 4 is 16.9 Å². The first kappa shape index (κ1) is 16.8. The second kappa shape index (κ2) is 8.20. The van der Waals surface area contributed by atoms with Crippen molar-refractivity contribution in [3.8, 4) is 0 Å². The topological polar surface area (TPSA) is 51.4 Å². The van der Waals surface area contributed by atoms with E-state index in [-0.39, 0.29) is 6.03 Å². The third-order valence-electron chi connectivity index (χ3n) is 4.83. The van der Waals surface area contributed by atoms with Gasteiger partial charge in [-0.1, -0.05) is 31.5 Å². The summed E-state index contributed by atoms with van der Waals surface area (Å²) in [5, 5.41) is 4.31. The van der Waals surface area contributed by atoms with E-state index in [4.69, 9.17) is 0 Å². The zero-order chi connectivity index (χ0) is 16.8. The van der Waals surface area contributed by atoms with Gasteiger partial charge >= 0.3 is 6.03 Å². The van der Waals surface area contributed by atoms with Crippen LogP contribution in [0.25, 0.3) is 10.9 Å². The normalized spacial score (nSPS) is 15.8. The van der Waals surface area contributed by atoms with Gasteiger partial charge in [-0.3, -0.25) is 4.90 Å². The molecule has 0 atom stereocenters. The number of piperazine rings is 1. The van der Waals surface area contributed by atoms with Gasteiger partial charge in [0.15, 0.2) is 0 Å². The number of aromatic amines is 1. The van der Waals surface area contributed by atoms with Gasteiger partial charge < -0.3 is 15.2 Å². The average molecular weight is 328 g/mol. The number of amides is 2. The predicted molar refractivity (Wildman–Crippen MR) is 98.3 cm³/mol. The lowest BCUT2D eigenvalue weighted by atomic mass is 10.1. The van der Waals surface area contributed by atoms with Gasteiger partial charge in [0.25, 0.3) is 0 Å². The number of para-hydroxylation sites is 1. The third-order valence-corrected chi connectivity index (χ3v) is 4.83. The Morgan fingerprint density at radius 1 is 1.21 bits per heavy atom. The molecule has 130 valence electrons. The molecule has 2 aromatic rings. The van der Waals surface area contributed by atoms with Crippen molar-refractivity contribution in [3.63, 3.8) is 0 Å². The van der Waals surface area contributed by atoms with Crippen LogP contribution in [0.15, 0.2) is 30.5 Å². The zero-order valence-corrected chi connectivity index (χ0v) is 14.6. The monoisotopic (exact) mass is 328 g/mol. The van der Waals surface area contributed by atoms with E-state index in [1.54, 1.807) is 0 Å². The largest absolute Gasteiger partial charge is 0.361 e. The van der Waals surface area contributed by atoms with Crippen LogP contribution < -0.4 is 5.32 Å². The summed E-state index contributed by atoms with van der Waals surface area (Å²) >= 11 is 0. The summed E-state index contributed by atoms with van der Waals surface area (Å²) < 4.78 is 0. The molecule has 3 rings (SSSR count). The highest BCUT2D eigenvalue weighted by Crippen LogP contribution is 2.17. The van der Waals surface area contributed by atoms with Crippen LogP contribution in [0.3, 0.4) is 0 Å². The molecule has 0 bridgehead atoms. The van der Waals surface area contributed by atoms with Crippen molar-refractivity contribution in [3.05, 3.63) is 36.0 Å². The number of aromatic nitrogens is 1. The fourth-order valence-electron chi connectivity index (χ4n) is 3.31. The molecule has 5 nitrogen and oxygen atoms in total. The van der Waals surface area contributed by atoms with E-state index in [9.17, 15) is 4.79 Å². The number of urea groups is 1. The number of fused-ring (bicyclic) bond motifs is 1. The molecular formula is C19H28N4O. The van der Waals surface area contributed by atoms with Crippen LogP contribution in [0.5, 0.6) is 0 Å². The van der Waals surface area contributed by atoms with E-state index < -0.39 is 0 Å². The molecule has 0 spiro atoms. The SMILES string of the molecule is CCCCN1CCN(C(=O)NCCc2c[nH]c3ccccc23)CC1. The van der Waals surface area contributed by atoms with Crippen molar-refractivity contribution in [2.45, 2.75) is 26.2 Å². The Morgan fingerprint density at radius 2 is 2.00 bits per heavy atom. The number of hydrogen-bond acceptors (Lipinski definition) is 2. The Hall–Kier alpha value is -2.01. The van der Waals surface area contributed by atoms with Crippen molar-refractivity contribution in [1.29, 1.82) is 0 Å². The number of hydrogen-bond donors (Lipinski definition) is 2. The molecule has 2 heterocycles. The van der Waals surface area contributed by atoms with Crippen LogP contribution >= 0.6 is 0 Å². The van der Waals surface area contributed by atoms with E-state index in [1.165, 1.54) is 23.8 Å². The molecule has 5 heteroatoms. The summed E-state index contributed by atoms with van der Waals surface area (Å²) in [6.07, 6.45) is 5.38. The first-order valence-electron chi connectivity index (χ1n) is 9.08. The van der Waals surface area contributed by atoms with Crippen molar-refractivity contribution in [1.82, 2.24) is 20.1 Å². The molecule has 1 aromatic carbocycles. The number of carbonyl (C=O) groups is 1. The number of nitrogens with one attached hydrogen (secondary N) is 2. The number of nitrogens with zero attached hydrogens (tertiary/aromatic N) is 2. The first-order valence-corrected chi connectivity index (χ1v) is 9.08. The Kier molecular flexibility index (Phi) is 5.75. The second-order valence-corrected chi connectivity index (χ2v) is 6.52. The van der Waals surface area contributed by atoms with Crippen LogP contribution in [-0.4, -0.2) is 60.1 Å².